The van der Waals surface area contributed by atoms with E-state index in [1.54, 1.807) is 57.8 Å². The summed E-state index contributed by atoms with van der Waals surface area (Å²) in [5.41, 5.74) is 6.06. The topological polar surface area (TPSA) is 0 Å². The molecule has 0 nitrogen and oxygen atoms in total. The molecule has 0 heterocycles. The third kappa shape index (κ3) is 2.45. The van der Waals surface area contributed by atoms with E-state index in [0.29, 0.717) is 10.8 Å². The predicted octanol–water partition coefficient (Wildman–Crippen LogP) is 9.83. The zero-order chi connectivity index (χ0) is 23.7. The molecule has 6 saturated carbocycles. The maximum Gasteiger partial charge on any atom is -0.0121 e. The van der Waals surface area contributed by atoms with Gasteiger partial charge in [0, 0.05) is 0 Å². The highest BCUT2D eigenvalue weighted by atomic mass is 14.9. The van der Waals surface area contributed by atoms with Gasteiger partial charge in [0.2, 0.25) is 0 Å². The van der Waals surface area contributed by atoms with Crippen LogP contribution in [0, 0.1) is 75.4 Å². The Labute approximate surface area is 216 Å². The quantitative estimate of drug-likeness (QED) is 0.349. The van der Waals surface area contributed by atoms with Gasteiger partial charge in [-0.15, -0.1) is 0 Å². The third-order valence-electron chi connectivity index (χ3n) is 15.8. The summed E-state index contributed by atoms with van der Waals surface area (Å²) in [7, 11) is 0. The lowest BCUT2D eigenvalue weighted by Gasteiger charge is -2.77. The van der Waals surface area contributed by atoms with E-state index in [1.807, 2.05) is 11.1 Å². The largest absolute Gasteiger partial charge is 0.0707 e. The Balaban J connectivity index is 1.27. The Bertz CT molecular complexity index is 920. The fraction of sp³-hybridized carbons (Fsp3) is 0.943. The van der Waals surface area contributed by atoms with Crippen molar-refractivity contribution in [1.29, 1.82) is 0 Å². The first kappa shape index (κ1) is 22.7. The van der Waals surface area contributed by atoms with Crippen molar-refractivity contribution in [1.82, 2.24) is 0 Å². The molecule has 8 aliphatic carbocycles. The molecular weight excluding hydrogens is 420 g/mol. The van der Waals surface area contributed by atoms with Crippen molar-refractivity contribution >= 4 is 0 Å². The standard InChI is InChI=1S/C35H54/c1-21-29-19-33(3)20-30-22(2)32(28-18-10-14-24-12-6-8-16-26(24)28)34(4,35(29,30)33)31(21)27-17-9-13-23-11-5-7-15-25(23)27/h21-23,25,27-32H,5-20H2,1-4H3. The number of rotatable bonds is 2. The summed E-state index contributed by atoms with van der Waals surface area (Å²) < 4.78 is 0. The van der Waals surface area contributed by atoms with Gasteiger partial charge in [-0.1, -0.05) is 70.9 Å². The molecule has 0 aromatic rings. The molecule has 0 aliphatic heterocycles. The molecule has 194 valence electrons. The Morgan fingerprint density at radius 1 is 0.629 bits per heavy atom. The first-order valence-electron chi connectivity index (χ1n) is 16.6. The first-order valence-corrected chi connectivity index (χ1v) is 16.6. The van der Waals surface area contributed by atoms with Gasteiger partial charge in [-0.05, 0) is 146 Å². The van der Waals surface area contributed by atoms with E-state index in [-0.39, 0.29) is 0 Å². The normalized spacial score (nSPS) is 60.7. The fourth-order valence-corrected chi connectivity index (χ4v) is 15.5. The molecule has 0 bridgehead atoms. The molecule has 0 saturated heterocycles. The lowest BCUT2D eigenvalue weighted by Crippen LogP contribution is -2.71. The fourth-order valence-electron chi connectivity index (χ4n) is 15.5. The zero-order valence-corrected chi connectivity index (χ0v) is 23.6. The third-order valence-corrected chi connectivity index (χ3v) is 15.8. The van der Waals surface area contributed by atoms with Crippen LogP contribution >= 0.6 is 0 Å². The van der Waals surface area contributed by atoms with Crippen LogP contribution in [-0.4, -0.2) is 0 Å². The number of hydrogen-bond acceptors (Lipinski definition) is 0. The van der Waals surface area contributed by atoms with Crippen molar-refractivity contribution in [3.63, 3.8) is 0 Å². The first-order chi connectivity index (χ1) is 16.9. The zero-order valence-electron chi connectivity index (χ0n) is 23.6. The summed E-state index contributed by atoms with van der Waals surface area (Å²) in [5.74, 6) is 10.4. The van der Waals surface area contributed by atoms with E-state index < -0.39 is 0 Å². The molecule has 13 unspecified atom stereocenters. The molecule has 8 rings (SSSR count). The molecule has 13 atom stereocenters. The van der Waals surface area contributed by atoms with E-state index >= 15 is 0 Å². The van der Waals surface area contributed by atoms with Gasteiger partial charge < -0.3 is 0 Å². The summed E-state index contributed by atoms with van der Waals surface area (Å²) in [4.78, 5) is 0. The van der Waals surface area contributed by atoms with Crippen molar-refractivity contribution < 1.29 is 0 Å². The molecular formula is C35H54. The molecule has 35 heavy (non-hydrogen) atoms. The molecule has 0 radical (unpaired) electrons. The van der Waals surface area contributed by atoms with Crippen LogP contribution in [0.4, 0.5) is 0 Å². The van der Waals surface area contributed by atoms with Crippen LogP contribution in [0.5, 0.6) is 0 Å². The number of fused-ring (bicyclic) bond motifs is 1. The molecule has 0 heteroatoms. The molecule has 0 aromatic heterocycles. The Morgan fingerprint density at radius 2 is 1.29 bits per heavy atom. The average molecular weight is 475 g/mol. The lowest BCUT2D eigenvalue weighted by atomic mass is 9.27. The van der Waals surface area contributed by atoms with Gasteiger partial charge in [-0.25, -0.2) is 0 Å². The van der Waals surface area contributed by atoms with Gasteiger partial charge in [-0.2, -0.15) is 0 Å². The van der Waals surface area contributed by atoms with Gasteiger partial charge >= 0.3 is 0 Å². The second-order valence-electron chi connectivity index (χ2n) is 16.2. The monoisotopic (exact) mass is 474 g/mol. The number of allylic oxidation sites excluding steroid dienone is 2. The molecule has 0 N–H and O–H groups in total. The van der Waals surface area contributed by atoms with Gasteiger partial charge in [0.25, 0.3) is 0 Å². The SMILES string of the molecule is CC1C(C2CCCC3=C2CCCC3)C2(C)C(C3CCCC4CCCCC43)C(C)C3CC4(C)CC1C342. The van der Waals surface area contributed by atoms with Crippen LogP contribution in [0.25, 0.3) is 0 Å². The Kier molecular flexibility index (Phi) is 4.82. The van der Waals surface area contributed by atoms with E-state index in [4.69, 9.17) is 0 Å². The van der Waals surface area contributed by atoms with E-state index in [1.165, 1.54) is 44.9 Å². The second-order valence-corrected chi connectivity index (χ2v) is 16.2. The predicted molar refractivity (Wildman–Crippen MR) is 146 cm³/mol. The minimum absolute atomic E-state index is 0.619. The van der Waals surface area contributed by atoms with E-state index in [2.05, 4.69) is 27.7 Å². The molecule has 6 fully saturated rings. The van der Waals surface area contributed by atoms with Crippen molar-refractivity contribution in [2.45, 2.75) is 130 Å². The van der Waals surface area contributed by atoms with Gasteiger partial charge in [0.05, 0.1) is 0 Å². The van der Waals surface area contributed by atoms with Crippen molar-refractivity contribution in [2.24, 2.45) is 75.4 Å². The number of hydrogen-bond donors (Lipinski definition) is 0. The summed E-state index contributed by atoms with van der Waals surface area (Å²) in [5, 5.41) is 0. The maximum absolute atomic E-state index is 3.00. The van der Waals surface area contributed by atoms with Crippen LogP contribution in [0.3, 0.4) is 0 Å². The van der Waals surface area contributed by atoms with Crippen LogP contribution in [0.1, 0.15) is 130 Å². The minimum Gasteiger partial charge on any atom is -0.0707 e. The van der Waals surface area contributed by atoms with Crippen LogP contribution in [0.15, 0.2) is 11.1 Å². The highest BCUT2D eigenvalue weighted by molar-refractivity contribution is 5.39. The highest BCUT2D eigenvalue weighted by Gasteiger charge is 2.90. The smallest absolute Gasteiger partial charge is 0.0121 e. The molecule has 0 amide bonds. The summed E-state index contributed by atoms with van der Waals surface area (Å²) in [6.45, 7) is 11.4. The summed E-state index contributed by atoms with van der Waals surface area (Å²) >= 11 is 0. The van der Waals surface area contributed by atoms with Crippen molar-refractivity contribution in [3.8, 4) is 0 Å². The van der Waals surface area contributed by atoms with Crippen LogP contribution in [0.2, 0.25) is 0 Å². The van der Waals surface area contributed by atoms with Crippen LogP contribution < -0.4 is 0 Å². The summed E-state index contributed by atoms with van der Waals surface area (Å²) in [6.07, 6.45) is 24.6. The average Bonchev–Trinajstić information content (AvgIpc) is 3.18. The highest BCUT2D eigenvalue weighted by Crippen LogP contribution is 2.95. The summed E-state index contributed by atoms with van der Waals surface area (Å²) in [6, 6.07) is 0. The lowest BCUT2D eigenvalue weighted by molar-refractivity contribution is -0.291. The van der Waals surface area contributed by atoms with Crippen LogP contribution in [-0.2, 0) is 0 Å². The van der Waals surface area contributed by atoms with Gasteiger partial charge in [-0.3, -0.25) is 0 Å². The maximum atomic E-state index is 3.00. The molecule has 0 aromatic carbocycles. The van der Waals surface area contributed by atoms with Crippen molar-refractivity contribution in [3.05, 3.63) is 11.1 Å². The van der Waals surface area contributed by atoms with Gasteiger partial charge in [0.1, 0.15) is 0 Å². The molecule has 8 aliphatic rings. The second kappa shape index (κ2) is 7.44. The van der Waals surface area contributed by atoms with Crippen molar-refractivity contribution in [2.75, 3.05) is 0 Å². The Morgan fingerprint density at radius 3 is 2.09 bits per heavy atom. The minimum atomic E-state index is 0.619. The molecule has 1 spiro atoms. The van der Waals surface area contributed by atoms with E-state index in [9.17, 15) is 0 Å². The Hall–Kier alpha value is -0.260. The van der Waals surface area contributed by atoms with E-state index in [0.717, 1.165) is 64.6 Å². The van der Waals surface area contributed by atoms with Gasteiger partial charge in [0.15, 0.2) is 0 Å².